The summed E-state index contributed by atoms with van der Waals surface area (Å²) in [4.78, 5) is 13.1. The molecule has 35 heavy (non-hydrogen) atoms. The van der Waals surface area contributed by atoms with E-state index in [1.807, 2.05) is 30.3 Å². The summed E-state index contributed by atoms with van der Waals surface area (Å²) in [6, 6.07) is 19.2. The van der Waals surface area contributed by atoms with Gasteiger partial charge < -0.3 is 19.5 Å². The summed E-state index contributed by atoms with van der Waals surface area (Å²) in [5.41, 5.74) is 2.04. The van der Waals surface area contributed by atoms with Crippen molar-refractivity contribution in [1.29, 1.82) is 0 Å². The summed E-state index contributed by atoms with van der Waals surface area (Å²) in [6.07, 6.45) is 0.449. The Balaban J connectivity index is 1.88. The van der Waals surface area contributed by atoms with Gasteiger partial charge >= 0.3 is 0 Å². The molecule has 0 heterocycles. The Morgan fingerprint density at radius 3 is 2.20 bits per heavy atom. The van der Waals surface area contributed by atoms with Crippen LogP contribution in [0.15, 0.2) is 71.6 Å². The lowest BCUT2D eigenvalue weighted by Crippen LogP contribution is -2.39. The van der Waals surface area contributed by atoms with Gasteiger partial charge in [-0.05, 0) is 54.8 Å². The average molecular weight is 499 g/mol. The number of amides is 1. The number of anilines is 1. The predicted octanol–water partition coefficient (Wildman–Crippen LogP) is 3.89. The molecule has 0 bridgehead atoms. The molecule has 3 rings (SSSR count). The standard InChI is InChI=1S/C26H30N2O6S/c1-19-16-22(11-13-24(19)33-3)35(30,31)28(15-14-20-8-6-5-7-9-20)18-26(29)27-23-17-21(32-2)10-12-25(23)34-4/h5-13,16-17H,14-15,18H2,1-4H3,(H,27,29). The first-order valence-electron chi connectivity index (χ1n) is 11.0. The van der Waals surface area contributed by atoms with Crippen molar-refractivity contribution in [1.82, 2.24) is 4.31 Å². The SMILES string of the molecule is COc1ccc(OC)c(NC(=O)CN(CCc2ccccc2)S(=O)(=O)c2ccc(OC)c(C)c2)c1. The minimum atomic E-state index is -3.97. The van der Waals surface area contributed by atoms with Gasteiger partial charge in [0.15, 0.2) is 0 Å². The number of hydrogen-bond donors (Lipinski definition) is 1. The summed E-state index contributed by atoms with van der Waals surface area (Å²) in [5.74, 6) is 1.05. The molecule has 9 heteroatoms. The van der Waals surface area contributed by atoms with Gasteiger partial charge in [-0.3, -0.25) is 4.79 Å². The highest BCUT2D eigenvalue weighted by Crippen LogP contribution is 2.29. The summed E-state index contributed by atoms with van der Waals surface area (Å²) in [6.45, 7) is 1.52. The molecule has 0 unspecified atom stereocenters. The summed E-state index contributed by atoms with van der Waals surface area (Å²) >= 11 is 0. The third-order valence-corrected chi connectivity index (χ3v) is 7.34. The zero-order valence-electron chi connectivity index (χ0n) is 20.3. The maximum absolute atomic E-state index is 13.6. The van der Waals surface area contributed by atoms with E-state index >= 15 is 0 Å². The molecule has 1 amide bonds. The van der Waals surface area contributed by atoms with Crippen molar-refractivity contribution in [2.45, 2.75) is 18.2 Å². The molecule has 0 aliphatic carbocycles. The third-order valence-electron chi connectivity index (χ3n) is 5.50. The van der Waals surface area contributed by atoms with Crippen LogP contribution in [0, 0.1) is 6.92 Å². The number of aryl methyl sites for hydroxylation is 1. The van der Waals surface area contributed by atoms with Crippen molar-refractivity contribution >= 4 is 21.6 Å². The van der Waals surface area contributed by atoms with E-state index in [9.17, 15) is 13.2 Å². The van der Waals surface area contributed by atoms with Gasteiger partial charge in [0.2, 0.25) is 15.9 Å². The van der Waals surface area contributed by atoms with Gasteiger partial charge in [-0.2, -0.15) is 4.31 Å². The number of hydrogen-bond acceptors (Lipinski definition) is 6. The van der Waals surface area contributed by atoms with Gasteiger partial charge in [0, 0.05) is 12.6 Å². The number of sulfonamides is 1. The molecule has 0 saturated heterocycles. The molecule has 8 nitrogen and oxygen atoms in total. The number of rotatable bonds is 11. The van der Waals surface area contributed by atoms with Gasteiger partial charge in [-0.1, -0.05) is 30.3 Å². The van der Waals surface area contributed by atoms with E-state index in [1.54, 1.807) is 37.3 Å². The van der Waals surface area contributed by atoms with Gasteiger partial charge in [-0.15, -0.1) is 0 Å². The smallest absolute Gasteiger partial charge is 0.243 e. The Morgan fingerprint density at radius 1 is 0.886 bits per heavy atom. The van der Waals surface area contributed by atoms with E-state index in [0.717, 1.165) is 5.56 Å². The monoisotopic (exact) mass is 498 g/mol. The first kappa shape index (κ1) is 26.1. The Bertz CT molecular complexity index is 1260. The number of carbonyl (C=O) groups excluding carboxylic acids is 1. The van der Waals surface area contributed by atoms with Crippen LogP contribution in [0.5, 0.6) is 17.2 Å². The van der Waals surface area contributed by atoms with Crippen molar-refractivity contribution in [2.75, 3.05) is 39.7 Å². The van der Waals surface area contributed by atoms with Crippen LogP contribution in [0.2, 0.25) is 0 Å². The van der Waals surface area contributed by atoms with Crippen molar-refractivity contribution in [3.63, 3.8) is 0 Å². The second kappa shape index (κ2) is 11.7. The quantitative estimate of drug-likeness (QED) is 0.431. The van der Waals surface area contributed by atoms with Gasteiger partial charge in [0.05, 0.1) is 38.5 Å². The van der Waals surface area contributed by atoms with Gasteiger partial charge in [-0.25, -0.2) is 8.42 Å². The maximum atomic E-state index is 13.6. The van der Waals surface area contributed by atoms with Crippen LogP contribution in [-0.4, -0.2) is 53.0 Å². The lowest BCUT2D eigenvalue weighted by Gasteiger charge is -2.23. The lowest BCUT2D eigenvalue weighted by molar-refractivity contribution is -0.116. The number of nitrogens with zero attached hydrogens (tertiary/aromatic N) is 1. The van der Waals surface area contributed by atoms with Crippen LogP contribution < -0.4 is 19.5 Å². The second-order valence-electron chi connectivity index (χ2n) is 7.82. The van der Waals surface area contributed by atoms with E-state index < -0.39 is 15.9 Å². The fourth-order valence-corrected chi connectivity index (χ4v) is 5.09. The predicted molar refractivity (Wildman–Crippen MR) is 135 cm³/mol. The number of nitrogens with one attached hydrogen (secondary N) is 1. The average Bonchev–Trinajstić information content (AvgIpc) is 2.86. The topological polar surface area (TPSA) is 94.2 Å². The minimum Gasteiger partial charge on any atom is -0.497 e. The number of methoxy groups -OCH3 is 3. The fourth-order valence-electron chi connectivity index (χ4n) is 3.60. The van der Waals surface area contributed by atoms with Gasteiger partial charge in [0.25, 0.3) is 0 Å². The van der Waals surface area contributed by atoms with Gasteiger partial charge in [0.1, 0.15) is 17.2 Å². The second-order valence-corrected chi connectivity index (χ2v) is 9.76. The molecule has 0 radical (unpaired) electrons. The van der Waals surface area contributed by atoms with Crippen LogP contribution in [0.4, 0.5) is 5.69 Å². The molecule has 1 N–H and O–H groups in total. The Labute approximate surface area is 206 Å². The number of ether oxygens (including phenoxy) is 3. The first-order chi connectivity index (χ1) is 16.8. The van der Waals surface area contributed by atoms with E-state index in [2.05, 4.69) is 5.32 Å². The summed E-state index contributed by atoms with van der Waals surface area (Å²) < 4.78 is 44.1. The molecule has 0 aliphatic rings. The fraction of sp³-hybridized carbons (Fsp3) is 0.269. The zero-order valence-corrected chi connectivity index (χ0v) is 21.1. The van der Waals surface area contributed by atoms with Crippen molar-refractivity contribution in [2.24, 2.45) is 0 Å². The highest BCUT2D eigenvalue weighted by molar-refractivity contribution is 7.89. The molecule has 186 valence electrons. The first-order valence-corrected chi connectivity index (χ1v) is 12.4. The normalized spacial score (nSPS) is 11.2. The van der Waals surface area contributed by atoms with Crippen molar-refractivity contribution < 1.29 is 27.4 Å². The molecular formula is C26H30N2O6S. The van der Waals surface area contributed by atoms with Crippen LogP contribution in [0.3, 0.4) is 0 Å². The molecule has 0 saturated carbocycles. The lowest BCUT2D eigenvalue weighted by atomic mass is 10.1. The minimum absolute atomic E-state index is 0.0932. The van der Waals surface area contributed by atoms with E-state index in [-0.39, 0.29) is 18.0 Å². The van der Waals surface area contributed by atoms with Crippen molar-refractivity contribution in [3.05, 3.63) is 77.9 Å². The molecule has 0 aliphatic heterocycles. The van der Waals surface area contributed by atoms with E-state index in [0.29, 0.717) is 34.9 Å². The Hall–Kier alpha value is -3.56. The van der Waals surface area contributed by atoms with Crippen LogP contribution in [-0.2, 0) is 21.2 Å². The molecule has 3 aromatic carbocycles. The highest BCUT2D eigenvalue weighted by Gasteiger charge is 2.27. The zero-order chi connectivity index (χ0) is 25.4. The van der Waals surface area contributed by atoms with E-state index in [4.69, 9.17) is 14.2 Å². The Kier molecular flexibility index (Phi) is 8.73. The largest absolute Gasteiger partial charge is 0.497 e. The molecule has 0 spiro atoms. The summed E-state index contributed by atoms with van der Waals surface area (Å²) in [7, 11) is 0.556. The van der Waals surface area contributed by atoms with Crippen molar-refractivity contribution in [3.8, 4) is 17.2 Å². The third kappa shape index (κ3) is 6.52. The van der Waals surface area contributed by atoms with Crippen LogP contribution in [0.1, 0.15) is 11.1 Å². The molecule has 3 aromatic rings. The number of benzene rings is 3. The molecule has 0 atom stereocenters. The van der Waals surface area contributed by atoms with E-state index in [1.165, 1.54) is 31.7 Å². The van der Waals surface area contributed by atoms with Crippen LogP contribution in [0.25, 0.3) is 0 Å². The van der Waals surface area contributed by atoms with Crippen LogP contribution >= 0.6 is 0 Å². The number of carbonyl (C=O) groups is 1. The Morgan fingerprint density at radius 2 is 1.57 bits per heavy atom. The molecule has 0 aromatic heterocycles. The summed E-state index contributed by atoms with van der Waals surface area (Å²) in [5, 5.41) is 2.75. The molecular weight excluding hydrogens is 468 g/mol. The molecule has 0 fully saturated rings. The maximum Gasteiger partial charge on any atom is 0.243 e. The highest BCUT2D eigenvalue weighted by atomic mass is 32.2.